The number of carbonyl (C=O) groups is 1. The van der Waals surface area contributed by atoms with E-state index in [1.807, 2.05) is 0 Å². The number of fused-ring (bicyclic) bond motifs is 1. The van der Waals surface area contributed by atoms with Gasteiger partial charge in [0.2, 0.25) is 5.91 Å². The number of hydrogen-bond acceptors (Lipinski definition) is 15. The van der Waals surface area contributed by atoms with E-state index in [1.165, 1.54) is 0 Å². The Morgan fingerprint density at radius 2 is 1.17 bits per heavy atom. The summed E-state index contributed by atoms with van der Waals surface area (Å²) in [6.45, 7) is 8.97. The van der Waals surface area contributed by atoms with Crippen LogP contribution in [0.15, 0.2) is 35.7 Å². The standard InChI is InChI=1S/C36H62N8O10/c1-41-35(39)33(34(38)31-27-28-26-29(45)4-5-30(28)44-31)36(40)43-9-3-2-8-42-32(46)6-10-47-12-14-49-16-18-51-20-22-53-24-25-54-23-21-52-19-17-50-15-13-48-11-7-37/h4-5,26-27,38,41,44-45H,2-3,6-25,37,39H2,1H3,(H2,40,43)(H,42,46)/b35-33-,38-34?. The summed E-state index contributed by atoms with van der Waals surface area (Å²) >= 11 is 0. The number of amidine groups is 1. The minimum absolute atomic E-state index is 0.00695. The second-order valence-electron chi connectivity index (χ2n) is 11.7. The van der Waals surface area contributed by atoms with Crippen LogP contribution in [0.4, 0.5) is 0 Å². The maximum Gasteiger partial charge on any atom is 0.222 e. The van der Waals surface area contributed by atoms with Crippen molar-refractivity contribution >= 4 is 28.4 Å². The molecule has 2 aromatic rings. The molecule has 0 fully saturated rings. The monoisotopic (exact) mass is 766 g/mol. The summed E-state index contributed by atoms with van der Waals surface area (Å²) in [5.74, 6) is 0.217. The highest BCUT2D eigenvalue weighted by Crippen LogP contribution is 2.22. The first-order valence-electron chi connectivity index (χ1n) is 18.4. The first-order valence-corrected chi connectivity index (χ1v) is 18.4. The highest BCUT2D eigenvalue weighted by Gasteiger charge is 2.19. The van der Waals surface area contributed by atoms with Crippen molar-refractivity contribution in [1.29, 1.82) is 10.8 Å². The van der Waals surface area contributed by atoms with Crippen molar-refractivity contribution in [2.24, 2.45) is 11.5 Å². The largest absolute Gasteiger partial charge is 0.508 e. The van der Waals surface area contributed by atoms with Gasteiger partial charge in [-0.3, -0.25) is 15.6 Å². The molecule has 18 heteroatoms. The van der Waals surface area contributed by atoms with E-state index in [0.29, 0.717) is 144 Å². The van der Waals surface area contributed by atoms with E-state index in [0.717, 1.165) is 10.9 Å². The third-order valence-corrected chi connectivity index (χ3v) is 7.48. The predicted octanol–water partition coefficient (Wildman–Crippen LogP) is 0.576. The summed E-state index contributed by atoms with van der Waals surface area (Å²) in [4.78, 5) is 15.2. The van der Waals surface area contributed by atoms with Crippen LogP contribution in [0.3, 0.4) is 0 Å². The Hall–Kier alpha value is -3.85. The zero-order chi connectivity index (χ0) is 39.1. The predicted molar refractivity (Wildman–Crippen MR) is 205 cm³/mol. The Bertz CT molecular complexity index is 1360. The number of carbonyl (C=O) groups excluding carboxylic acids is 1. The smallest absolute Gasteiger partial charge is 0.222 e. The summed E-state index contributed by atoms with van der Waals surface area (Å²) in [5.41, 5.74) is 12.9. The Kier molecular flexibility index (Phi) is 26.1. The second-order valence-corrected chi connectivity index (χ2v) is 11.7. The van der Waals surface area contributed by atoms with Crippen LogP contribution in [0.1, 0.15) is 25.0 Å². The second kappa shape index (κ2) is 30.5. The van der Waals surface area contributed by atoms with Crippen LogP contribution in [-0.2, 0) is 42.7 Å². The first-order chi connectivity index (χ1) is 26.4. The Balaban J connectivity index is 1.35. The number of phenols is 1. The molecule has 0 atom stereocenters. The van der Waals surface area contributed by atoms with E-state index in [2.05, 4.69) is 20.9 Å². The normalized spacial score (nSPS) is 11.8. The van der Waals surface area contributed by atoms with Crippen molar-refractivity contribution in [1.82, 2.24) is 20.9 Å². The minimum Gasteiger partial charge on any atom is -0.508 e. The lowest BCUT2D eigenvalue weighted by Crippen LogP contribution is -2.34. The summed E-state index contributed by atoms with van der Waals surface area (Å²) in [6, 6.07) is 6.61. The van der Waals surface area contributed by atoms with Crippen molar-refractivity contribution in [3.8, 4) is 5.75 Å². The Morgan fingerprint density at radius 3 is 1.65 bits per heavy atom. The minimum atomic E-state index is -0.0988. The number of rotatable bonds is 35. The van der Waals surface area contributed by atoms with Gasteiger partial charge in [-0.2, -0.15) is 0 Å². The quantitative estimate of drug-likeness (QED) is 0.0264. The molecule has 0 saturated heterocycles. The van der Waals surface area contributed by atoms with E-state index >= 15 is 0 Å². The molecule has 1 heterocycles. The topological polar surface area (TPSA) is 263 Å². The molecule has 18 nitrogen and oxygen atoms in total. The molecule has 1 aromatic heterocycles. The van der Waals surface area contributed by atoms with Gasteiger partial charge < -0.3 is 75.4 Å². The Labute approximate surface area is 317 Å². The van der Waals surface area contributed by atoms with Crippen molar-refractivity contribution in [3.63, 3.8) is 0 Å². The first kappa shape index (κ1) is 46.3. The molecular weight excluding hydrogens is 704 g/mol. The lowest BCUT2D eigenvalue weighted by Gasteiger charge is -2.15. The third kappa shape index (κ3) is 21.1. The van der Waals surface area contributed by atoms with E-state index in [4.69, 9.17) is 60.2 Å². The molecule has 0 bridgehead atoms. The van der Waals surface area contributed by atoms with Gasteiger partial charge >= 0.3 is 0 Å². The van der Waals surface area contributed by atoms with Gasteiger partial charge in [0.25, 0.3) is 0 Å². The maximum atomic E-state index is 12.1. The molecule has 11 N–H and O–H groups in total. The molecule has 54 heavy (non-hydrogen) atoms. The Morgan fingerprint density at radius 1 is 0.704 bits per heavy atom. The SMILES string of the molecule is CN/C(N)=C(\C(=N)NCCCCNC(=O)CCOCCOCCOCCOCCOCCOCCOCCOCCN)C(=N)c1cc2cc(O)ccc2[nH]1. The zero-order valence-corrected chi connectivity index (χ0v) is 31.6. The van der Waals surface area contributed by atoms with Gasteiger partial charge in [-0.15, -0.1) is 0 Å². The van der Waals surface area contributed by atoms with Crippen LogP contribution < -0.4 is 27.4 Å². The fourth-order valence-electron chi connectivity index (χ4n) is 4.67. The zero-order valence-electron chi connectivity index (χ0n) is 31.6. The lowest BCUT2D eigenvalue weighted by molar-refractivity contribution is -0.122. The van der Waals surface area contributed by atoms with Crippen LogP contribution in [0.25, 0.3) is 10.9 Å². The molecule has 306 valence electrons. The lowest BCUT2D eigenvalue weighted by atomic mass is 10.1. The van der Waals surface area contributed by atoms with Gasteiger partial charge in [-0.05, 0) is 37.1 Å². The summed E-state index contributed by atoms with van der Waals surface area (Å²) in [5, 5.41) is 36.4. The molecule has 0 unspecified atom stereocenters. The summed E-state index contributed by atoms with van der Waals surface area (Å²) in [6.07, 6.45) is 1.64. The number of nitrogens with two attached hydrogens (primary N) is 2. The number of benzene rings is 1. The highest BCUT2D eigenvalue weighted by atomic mass is 16.6. The number of hydrogen-bond donors (Lipinski definition) is 9. The molecular formula is C36H62N8O10. The molecule has 0 radical (unpaired) electrons. The maximum absolute atomic E-state index is 12.1. The van der Waals surface area contributed by atoms with Crippen LogP contribution in [0.5, 0.6) is 5.75 Å². The van der Waals surface area contributed by atoms with Crippen molar-refractivity contribution in [3.05, 3.63) is 41.4 Å². The highest BCUT2D eigenvalue weighted by molar-refractivity contribution is 6.28. The van der Waals surface area contributed by atoms with Gasteiger partial charge in [-0.25, -0.2) is 0 Å². The number of aromatic nitrogens is 1. The average Bonchev–Trinajstić information content (AvgIpc) is 3.59. The van der Waals surface area contributed by atoms with Gasteiger partial charge in [0.1, 0.15) is 17.4 Å². The number of H-pyrrole nitrogens is 1. The van der Waals surface area contributed by atoms with E-state index < -0.39 is 0 Å². The molecule has 1 amide bonds. The van der Waals surface area contributed by atoms with Gasteiger partial charge in [-0.1, -0.05) is 0 Å². The molecule has 0 aliphatic carbocycles. The average molecular weight is 767 g/mol. The fraction of sp³-hybridized carbons (Fsp3) is 0.639. The van der Waals surface area contributed by atoms with Crippen molar-refractivity contribution in [2.45, 2.75) is 19.3 Å². The molecule has 0 spiro atoms. The van der Waals surface area contributed by atoms with Crippen molar-refractivity contribution < 1.29 is 47.8 Å². The molecule has 0 saturated carbocycles. The summed E-state index contributed by atoms with van der Waals surface area (Å²) in [7, 11) is 1.63. The molecule has 0 aliphatic heterocycles. The number of phenolic OH excluding ortho intramolecular Hbond substituents is 1. The molecule has 2 rings (SSSR count). The fourth-order valence-corrected chi connectivity index (χ4v) is 4.67. The number of unbranched alkanes of at least 4 members (excludes halogenated alkanes) is 1. The van der Waals surface area contributed by atoms with Gasteiger partial charge in [0.15, 0.2) is 0 Å². The number of aromatic amines is 1. The van der Waals surface area contributed by atoms with E-state index in [1.54, 1.807) is 31.3 Å². The molecule has 1 aromatic carbocycles. The van der Waals surface area contributed by atoms with Crippen LogP contribution >= 0.6 is 0 Å². The third-order valence-electron chi connectivity index (χ3n) is 7.48. The number of amides is 1. The number of ether oxygens (including phenoxy) is 8. The van der Waals surface area contributed by atoms with Crippen molar-refractivity contribution in [2.75, 3.05) is 132 Å². The van der Waals surface area contributed by atoms with E-state index in [9.17, 15) is 9.90 Å². The van der Waals surface area contributed by atoms with Crippen LogP contribution in [0, 0.1) is 10.8 Å². The summed E-state index contributed by atoms with van der Waals surface area (Å²) < 4.78 is 43.4. The molecule has 0 aliphatic rings. The number of aromatic hydroxyl groups is 1. The number of nitrogens with one attached hydrogen (secondary N) is 6. The van der Waals surface area contributed by atoms with Gasteiger partial charge in [0, 0.05) is 44.0 Å². The van der Waals surface area contributed by atoms with Crippen LogP contribution in [-0.4, -0.2) is 160 Å². The van der Waals surface area contributed by atoms with Gasteiger partial charge in [0.05, 0.1) is 123 Å². The van der Waals surface area contributed by atoms with Crippen LogP contribution in [0.2, 0.25) is 0 Å². The van der Waals surface area contributed by atoms with E-state index in [-0.39, 0.29) is 41.0 Å².